The number of benzene rings is 3. The Morgan fingerprint density at radius 1 is 0.862 bits per heavy atom. The quantitative estimate of drug-likeness (QED) is 0.545. The molecule has 3 rings (SSSR count). The number of rotatable bonds is 8. The summed E-state index contributed by atoms with van der Waals surface area (Å²) < 4.78 is 5.84. The highest BCUT2D eigenvalue weighted by molar-refractivity contribution is 5.78. The van der Waals surface area contributed by atoms with Crippen LogP contribution in [0.25, 0.3) is 0 Å². The monoisotopic (exact) mass is 389 g/mol. The largest absolute Gasteiger partial charge is 0.457 e. The van der Waals surface area contributed by atoms with Crippen molar-refractivity contribution < 1.29 is 14.3 Å². The first-order valence-corrected chi connectivity index (χ1v) is 9.29. The van der Waals surface area contributed by atoms with Crippen molar-refractivity contribution in [2.45, 2.75) is 19.0 Å². The van der Waals surface area contributed by atoms with Gasteiger partial charge in [-0.3, -0.25) is 4.79 Å². The summed E-state index contributed by atoms with van der Waals surface area (Å²) in [6.07, 6.45) is 0.0601. The first-order valence-electron chi connectivity index (χ1n) is 9.29. The average molecular weight is 389 g/mol. The molecule has 0 saturated carbocycles. The topological polar surface area (TPSA) is 93.5 Å². The van der Waals surface area contributed by atoms with Gasteiger partial charge in [0.1, 0.15) is 11.5 Å². The van der Waals surface area contributed by atoms with Crippen LogP contribution in [0.15, 0.2) is 84.9 Å². The van der Waals surface area contributed by atoms with Gasteiger partial charge in [-0.25, -0.2) is 4.79 Å². The summed E-state index contributed by atoms with van der Waals surface area (Å²) in [7, 11) is 0. The molecule has 0 aromatic heterocycles. The minimum Gasteiger partial charge on any atom is -0.457 e. The van der Waals surface area contributed by atoms with Crippen LogP contribution >= 0.6 is 0 Å². The Balaban J connectivity index is 1.68. The number of urea groups is 1. The number of hydrogen-bond donors (Lipinski definition) is 3. The molecule has 0 bridgehead atoms. The highest BCUT2D eigenvalue weighted by Crippen LogP contribution is 2.26. The molecule has 0 unspecified atom stereocenters. The van der Waals surface area contributed by atoms with Crippen molar-refractivity contribution in [2.75, 3.05) is 0 Å². The second-order valence-corrected chi connectivity index (χ2v) is 6.52. The second-order valence-electron chi connectivity index (χ2n) is 6.52. The Labute approximate surface area is 169 Å². The molecule has 0 radical (unpaired) electrons. The Bertz CT molecular complexity index is 946. The molecule has 4 N–H and O–H groups in total. The van der Waals surface area contributed by atoms with Crippen LogP contribution in [0.5, 0.6) is 11.5 Å². The molecule has 0 saturated heterocycles. The summed E-state index contributed by atoms with van der Waals surface area (Å²) in [6, 6.07) is 25.0. The van der Waals surface area contributed by atoms with Gasteiger partial charge in [0.2, 0.25) is 5.91 Å². The van der Waals surface area contributed by atoms with Crippen molar-refractivity contribution >= 4 is 11.9 Å². The first kappa shape index (κ1) is 19.9. The summed E-state index contributed by atoms with van der Waals surface area (Å²) in [5.41, 5.74) is 7.05. The van der Waals surface area contributed by atoms with Gasteiger partial charge in [-0.1, -0.05) is 60.7 Å². The zero-order valence-corrected chi connectivity index (χ0v) is 15.9. The van der Waals surface area contributed by atoms with Crippen molar-refractivity contribution in [1.29, 1.82) is 0 Å². The highest BCUT2D eigenvalue weighted by atomic mass is 16.5. The van der Waals surface area contributed by atoms with E-state index in [0.29, 0.717) is 18.0 Å². The number of hydrogen-bond acceptors (Lipinski definition) is 3. The molecular formula is C23H23N3O3. The zero-order chi connectivity index (χ0) is 20.5. The molecule has 148 valence electrons. The summed E-state index contributed by atoms with van der Waals surface area (Å²) >= 11 is 0. The standard InChI is InChI=1S/C23H23N3O3/c24-23(28)26-21(15-22(27)25-16-17-8-3-1-4-9-17)18-10-7-13-20(14-18)29-19-11-5-2-6-12-19/h1-14,21H,15-16H2,(H,25,27)(H3,24,26,28)/t21-/m0/s1. The van der Waals surface area contributed by atoms with Gasteiger partial charge in [-0.05, 0) is 35.4 Å². The molecule has 0 spiro atoms. The number of carbonyl (C=O) groups excluding carboxylic acids is 2. The molecule has 0 aliphatic rings. The fraction of sp³-hybridized carbons (Fsp3) is 0.130. The fourth-order valence-electron chi connectivity index (χ4n) is 2.90. The Kier molecular flexibility index (Phi) is 6.84. The van der Waals surface area contributed by atoms with E-state index in [9.17, 15) is 9.59 Å². The molecule has 29 heavy (non-hydrogen) atoms. The summed E-state index contributed by atoms with van der Waals surface area (Å²) in [6.45, 7) is 0.417. The summed E-state index contributed by atoms with van der Waals surface area (Å²) in [5, 5.41) is 5.50. The van der Waals surface area contributed by atoms with Gasteiger partial charge in [0, 0.05) is 6.54 Å². The van der Waals surface area contributed by atoms with Crippen molar-refractivity contribution in [2.24, 2.45) is 5.73 Å². The maximum absolute atomic E-state index is 12.4. The predicted molar refractivity (Wildman–Crippen MR) is 111 cm³/mol. The molecule has 0 heterocycles. The lowest BCUT2D eigenvalue weighted by Crippen LogP contribution is -2.36. The third-order valence-corrected chi connectivity index (χ3v) is 4.28. The van der Waals surface area contributed by atoms with Crippen LogP contribution in [0.1, 0.15) is 23.6 Å². The van der Waals surface area contributed by atoms with E-state index in [4.69, 9.17) is 10.5 Å². The van der Waals surface area contributed by atoms with Crippen LogP contribution in [0.3, 0.4) is 0 Å². The Morgan fingerprint density at radius 3 is 2.21 bits per heavy atom. The maximum atomic E-state index is 12.4. The van der Waals surface area contributed by atoms with E-state index in [1.54, 1.807) is 6.07 Å². The molecule has 3 aromatic carbocycles. The highest BCUT2D eigenvalue weighted by Gasteiger charge is 2.18. The normalized spacial score (nSPS) is 11.3. The lowest BCUT2D eigenvalue weighted by atomic mass is 10.0. The van der Waals surface area contributed by atoms with E-state index in [1.165, 1.54) is 0 Å². The number of nitrogens with two attached hydrogens (primary N) is 1. The fourth-order valence-corrected chi connectivity index (χ4v) is 2.90. The number of nitrogens with one attached hydrogen (secondary N) is 2. The van der Waals surface area contributed by atoms with Gasteiger partial charge in [-0.2, -0.15) is 0 Å². The lowest BCUT2D eigenvalue weighted by Gasteiger charge is -2.19. The predicted octanol–water partition coefficient (Wildman–Crippen LogP) is 3.89. The number of ether oxygens (including phenoxy) is 1. The molecule has 6 nitrogen and oxygen atoms in total. The Hall–Kier alpha value is -3.80. The van der Waals surface area contributed by atoms with Gasteiger partial charge >= 0.3 is 6.03 Å². The average Bonchev–Trinajstić information content (AvgIpc) is 2.73. The zero-order valence-electron chi connectivity index (χ0n) is 15.9. The van der Waals surface area contributed by atoms with Crippen molar-refractivity contribution in [1.82, 2.24) is 10.6 Å². The van der Waals surface area contributed by atoms with Crippen molar-refractivity contribution in [3.05, 3.63) is 96.1 Å². The molecule has 6 heteroatoms. The summed E-state index contributed by atoms with van der Waals surface area (Å²) in [4.78, 5) is 23.9. The first-order chi connectivity index (χ1) is 14.1. The van der Waals surface area contributed by atoms with Crippen LogP contribution < -0.4 is 21.1 Å². The number of primary amides is 1. The molecule has 3 aromatic rings. The van der Waals surface area contributed by atoms with Crippen LogP contribution in [0.4, 0.5) is 4.79 Å². The molecule has 3 amide bonds. The number of carbonyl (C=O) groups is 2. The smallest absolute Gasteiger partial charge is 0.312 e. The minimum atomic E-state index is -0.694. The van der Waals surface area contributed by atoms with Crippen LogP contribution in [0.2, 0.25) is 0 Å². The van der Waals surface area contributed by atoms with Crippen LogP contribution in [-0.4, -0.2) is 11.9 Å². The van der Waals surface area contributed by atoms with Gasteiger partial charge in [-0.15, -0.1) is 0 Å². The molecule has 0 aliphatic heterocycles. The third kappa shape index (κ3) is 6.39. The van der Waals surface area contributed by atoms with Crippen molar-refractivity contribution in [3.63, 3.8) is 0 Å². The minimum absolute atomic E-state index is 0.0601. The Morgan fingerprint density at radius 2 is 1.52 bits per heavy atom. The van der Waals surface area contributed by atoms with E-state index in [0.717, 1.165) is 11.1 Å². The van der Waals surface area contributed by atoms with Crippen molar-refractivity contribution in [3.8, 4) is 11.5 Å². The van der Waals surface area contributed by atoms with Crippen LogP contribution in [0, 0.1) is 0 Å². The van der Waals surface area contributed by atoms with E-state index in [-0.39, 0.29) is 12.3 Å². The van der Waals surface area contributed by atoms with E-state index in [1.807, 2.05) is 78.9 Å². The third-order valence-electron chi connectivity index (χ3n) is 4.28. The molecular weight excluding hydrogens is 366 g/mol. The molecule has 1 atom stereocenters. The maximum Gasteiger partial charge on any atom is 0.312 e. The van der Waals surface area contributed by atoms with E-state index < -0.39 is 12.1 Å². The lowest BCUT2D eigenvalue weighted by molar-refractivity contribution is -0.121. The molecule has 0 fully saturated rings. The number of para-hydroxylation sites is 1. The van der Waals surface area contributed by atoms with Crippen LogP contribution in [-0.2, 0) is 11.3 Å². The second kappa shape index (κ2) is 9.94. The van der Waals surface area contributed by atoms with E-state index >= 15 is 0 Å². The SMILES string of the molecule is NC(=O)N[C@@H](CC(=O)NCc1ccccc1)c1cccc(Oc2ccccc2)c1. The molecule has 0 aliphatic carbocycles. The van der Waals surface area contributed by atoms with Gasteiger partial charge in [0.05, 0.1) is 12.5 Å². The van der Waals surface area contributed by atoms with E-state index in [2.05, 4.69) is 10.6 Å². The summed E-state index contributed by atoms with van der Waals surface area (Å²) in [5.74, 6) is 1.11. The van der Waals surface area contributed by atoms with Gasteiger partial charge in [0.25, 0.3) is 0 Å². The number of amides is 3. The van der Waals surface area contributed by atoms with Gasteiger partial charge < -0.3 is 21.1 Å². The van der Waals surface area contributed by atoms with Gasteiger partial charge in [0.15, 0.2) is 0 Å².